The molecule has 1 fully saturated rings. The van der Waals surface area contributed by atoms with Crippen molar-refractivity contribution in [2.24, 2.45) is 5.92 Å². The van der Waals surface area contributed by atoms with E-state index in [1.807, 2.05) is 19.3 Å². The zero-order chi connectivity index (χ0) is 18.7. The van der Waals surface area contributed by atoms with Gasteiger partial charge in [0.1, 0.15) is 24.2 Å². The van der Waals surface area contributed by atoms with Crippen molar-refractivity contribution in [2.75, 3.05) is 31.6 Å². The minimum absolute atomic E-state index is 0.114. The number of nitrogens with one attached hydrogen (secondary N) is 1. The maximum absolute atomic E-state index is 12.4. The van der Waals surface area contributed by atoms with E-state index in [1.165, 1.54) is 0 Å². The number of rotatable bonds is 5. The number of ether oxygens (including phenoxy) is 1. The summed E-state index contributed by atoms with van der Waals surface area (Å²) in [7, 11) is 2.00. The number of hydrogen-bond donors (Lipinski definition) is 1. The molecule has 1 N–H and O–H groups in total. The normalized spacial score (nSPS) is 20.2. The average Bonchev–Trinajstić information content (AvgIpc) is 3.10. The Morgan fingerprint density at radius 3 is 3.00 bits per heavy atom. The number of nitrogens with zero attached hydrogens (tertiary/aromatic N) is 4. The van der Waals surface area contributed by atoms with E-state index in [9.17, 15) is 9.59 Å². The van der Waals surface area contributed by atoms with E-state index in [0.29, 0.717) is 19.0 Å². The number of likely N-dealkylation sites (tertiary alicyclic amines) is 1. The number of hydrogen-bond acceptors (Lipinski definition) is 6. The van der Waals surface area contributed by atoms with Gasteiger partial charge in [-0.05, 0) is 25.3 Å². The molecule has 0 aromatic carbocycles. The molecule has 1 amide bonds. The van der Waals surface area contributed by atoms with Crippen molar-refractivity contribution in [3.63, 3.8) is 0 Å². The van der Waals surface area contributed by atoms with Crippen molar-refractivity contribution in [3.05, 3.63) is 18.6 Å². The van der Waals surface area contributed by atoms with Gasteiger partial charge in [0.2, 0.25) is 5.91 Å². The van der Waals surface area contributed by atoms with Crippen LogP contribution in [0.3, 0.4) is 0 Å². The lowest BCUT2D eigenvalue weighted by molar-refractivity contribution is -0.149. The highest BCUT2D eigenvalue weighted by Gasteiger charge is 2.33. The lowest BCUT2D eigenvalue weighted by Gasteiger charge is -2.42. The van der Waals surface area contributed by atoms with Crippen LogP contribution in [0.2, 0.25) is 0 Å². The van der Waals surface area contributed by atoms with Crippen LogP contribution in [0.1, 0.15) is 26.7 Å². The summed E-state index contributed by atoms with van der Waals surface area (Å²) in [5.41, 5.74) is 0.792. The minimum atomic E-state index is -0.467. The van der Waals surface area contributed by atoms with Crippen molar-refractivity contribution < 1.29 is 14.3 Å². The third-order valence-corrected chi connectivity index (χ3v) is 5.04. The molecular formula is C18H25N5O3. The molecule has 1 aliphatic heterocycles. The minimum Gasteiger partial charge on any atom is -0.466 e. The Balaban J connectivity index is 1.75. The molecule has 0 unspecified atom stereocenters. The van der Waals surface area contributed by atoms with Gasteiger partial charge in [0.05, 0.1) is 18.0 Å². The van der Waals surface area contributed by atoms with Crippen LogP contribution < -0.4 is 4.90 Å². The van der Waals surface area contributed by atoms with Crippen molar-refractivity contribution in [3.8, 4) is 0 Å². The molecule has 0 aliphatic carbocycles. The van der Waals surface area contributed by atoms with Gasteiger partial charge in [-0.15, -0.1) is 0 Å². The summed E-state index contributed by atoms with van der Waals surface area (Å²) in [4.78, 5) is 39.7. The number of likely N-dealkylation sites (N-methyl/N-ethyl adjacent to an activating group) is 1. The lowest BCUT2D eigenvalue weighted by atomic mass is 9.92. The molecular weight excluding hydrogens is 334 g/mol. The van der Waals surface area contributed by atoms with Crippen LogP contribution in [0.25, 0.3) is 11.0 Å². The van der Waals surface area contributed by atoms with Gasteiger partial charge in [-0.25, -0.2) is 9.97 Å². The molecule has 0 saturated carbocycles. The van der Waals surface area contributed by atoms with Crippen molar-refractivity contribution in [1.82, 2.24) is 19.9 Å². The quantitative estimate of drug-likeness (QED) is 0.644. The number of aromatic amines is 1. The first kappa shape index (κ1) is 18.2. The third-order valence-electron chi connectivity index (χ3n) is 5.04. The SMILES string of the molecule is CCOC(=O)CC(=O)N1CC[C@@H](C)[C@@H](N(C)c2ncnc3[nH]ccc23)C1. The molecule has 0 bridgehead atoms. The highest BCUT2D eigenvalue weighted by molar-refractivity contribution is 5.94. The first-order valence-electron chi connectivity index (χ1n) is 8.95. The van der Waals surface area contributed by atoms with E-state index < -0.39 is 5.97 Å². The van der Waals surface area contributed by atoms with Crippen LogP contribution in [-0.4, -0.2) is 64.5 Å². The molecule has 3 rings (SSSR count). The van der Waals surface area contributed by atoms with Crippen molar-refractivity contribution >= 4 is 28.7 Å². The molecule has 1 aliphatic rings. The zero-order valence-electron chi connectivity index (χ0n) is 15.4. The van der Waals surface area contributed by atoms with E-state index in [0.717, 1.165) is 23.3 Å². The Kier molecular flexibility index (Phi) is 5.39. The number of esters is 1. The standard InChI is InChI=1S/C18H25N5O3/c1-4-26-16(25)9-15(24)23-8-6-12(2)14(10-23)22(3)18-13-5-7-19-17(13)20-11-21-18/h5,7,11-12,14H,4,6,8-10H2,1-3H3,(H,19,20,21)/t12-,14+/m1/s1. The molecule has 0 radical (unpaired) electrons. The van der Waals surface area contributed by atoms with Gasteiger partial charge in [-0.3, -0.25) is 9.59 Å². The first-order valence-corrected chi connectivity index (χ1v) is 8.95. The Hall–Kier alpha value is -2.64. The number of fused-ring (bicyclic) bond motifs is 1. The summed E-state index contributed by atoms with van der Waals surface area (Å²) in [6.07, 6.45) is 4.07. The van der Waals surface area contributed by atoms with Gasteiger partial charge in [-0.1, -0.05) is 6.92 Å². The number of carbonyl (C=O) groups is 2. The highest BCUT2D eigenvalue weighted by Crippen LogP contribution is 2.28. The van der Waals surface area contributed by atoms with E-state index in [4.69, 9.17) is 4.74 Å². The largest absolute Gasteiger partial charge is 0.466 e. The van der Waals surface area contributed by atoms with E-state index in [-0.39, 0.29) is 25.0 Å². The molecule has 2 aromatic rings. The lowest BCUT2D eigenvalue weighted by Crippen LogP contribution is -2.53. The topological polar surface area (TPSA) is 91.4 Å². The van der Waals surface area contributed by atoms with Crippen LogP contribution in [-0.2, 0) is 14.3 Å². The second-order valence-corrected chi connectivity index (χ2v) is 6.70. The molecule has 8 nitrogen and oxygen atoms in total. The predicted octanol–water partition coefficient (Wildman–Crippen LogP) is 1.58. The Labute approximate surface area is 152 Å². The van der Waals surface area contributed by atoms with Gasteiger partial charge in [0.25, 0.3) is 0 Å². The summed E-state index contributed by atoms with van der Waals surface area (Å²) < 4.78 is 4.89. The molecule has 2 atom stereocenters. The molecule has 8 heteroatoms. The molecule has 140 valence electrons. The number of piperidine rings is 1. The number of carbonyl (C=O) groups excluding carboxylic acids is 2. The zero-order valence-corrected chi connectivity index (χ0v) is 15.4. The Morgan fingerprint density at radius 2 is 2.23 bits per heavy atom. The molecule has 3 heterocycles. The van der Waals surface area contributed by atoms with Crippen LogP contribution in [0, 0.1) is 5.92 Å². The second-order valence-electron chi connectivity index (χ2n) is 6.70. The summed E-state index contributed by atoms with van der Waals surface area (Å²) in [6.45, 7) is 5.43. The highest BCUT2D eigenvalue weighted by atomic mass is 16.5. The van der Waals surface area contributed by atoms with E-state index in [1.54, 1.807) is 18.2 Å². The number of anilines is 1. The average molecular weight is 359 g/mol. The fourth-order valence-electron chi connectivity index (χ4n) is 3.52. The smallest absolute Gasteiger partial charge is 0.315 e. The summed E-state index contributed by atoms with van der Waals surface area (Å²) >= 11 is 0. The van der Waals surface area contributed by atoms with Gasteiger partial charge in [0.15, 0.2) is 0 Å². The van der Waals surface area contributed by atoms with Crippen LogP contribution in [0.15, 0.2) is 18.6 Å². The van der Waals surface area contributed by atoms with E-state index >= 15 is 0 Å². The molecule has 2 aromatic heterocycles. The van der Waals surface area contributed by atoms with Crippen molar-refractivity contribution in [2.45, 2.75) is 32.7 Å². The summed E-state index contributed by atoms with van der Waals surface area (Å²) in [5.74, 6) is 0.595. The summed E-state index contributed by atoms with van der Waals surface area (Å²) in [6, 6.07) is 2.07. The summed E-state index contributed by atoms with van der Waals surface area (Å²) in [5, 5.41) is 0.956. The van der Waals surface area contributed by atoms with Gasteiger partial charge in [-0.2, -0.15) is 0 Å². The maximum atomic E-state index is 12.4. The maximum Gasteiger partial charge on any atom is 0.315 e. The third kappa shape index (κ3) is 3.63. The van der Waals surface area contributed by atoms with Crippen LogP contribution in [0.4, 0.5) is 5.82 Å². The molecule has 1 saturated heterocycles. The fraction of sp³-hybridized carbons (Fsp3) is 0.556. The van der Waals surface area contributed by atoms with Crippen LogP contribution >= 0.6 is 0 Å². The van der Waals surface area contributed by atoms with E-state index in [2.05, 4.69) is 26.8 Å². The number of H-pyrrole nitrogens is 1. The van der Waals surface area contributed by atoms with Gasteiger partial charge >= 0.3 is 5.97 Å². The first-order chi connectivity index (χ1) is 12.5. The Morgan fingerprint density at radius 1 is 1.42 bits per heavy atom. The van der Waals surface area contributed by atoms with Gasteiger partial charge < -0.3 is 19.5 Å². The second kappa shape index (κ2) is 7.72. The Bertz CT molecular complexity index is 790. The molecule has 26 heavy (non-hydrogen) atoms. The number of amides is 1. The van der Waals surface area contributed by atoms with Gasteiger partial charge in [0, 0.05) is 26.3 Å². The fourth-order valence-corrected chi connectivity index (χ4v) is 3.52. The van der Waals surface area contributed by atoms with Crippen LogP contribution in [0.5, 0.6) is 0 Å². The number of aromatic nitrogens is 3. The molecule has 0 spiro atoms. The monoisotopic (exact) mass is 359 g/mol. The van der Waals surface area contributed by atoms with Crippen molar-refractivity contribution in [1.29, 1.82) is 0 Å². The predicted molar refractivity (Wildman–Crippen MR) is 97.7 cm³/mol.